The van der Waals surface area contributed by atoms with E-state index in [2.05, 4.69) is 15.9 Å². The zero-order chi connectivity index (χ0) is 13.9. The van der Waals surface area contributed by atoms with Gasteiger partial charge in [-0.3, -0.25) is 0 Å². The van der Waals surface area contributed by atoms with E-state index in [1.807, 2.05) is 6.07 Å². The number of methoxy groups -OCH3 is 1. The summed E-state index contributed by atoms with van der Waals surface area (Å²) >= 11 is 3.34. The number of hydrogen-bond donors (Lipinski definition) is 1. The first kappa shape index (κ1) is 15.0. The van der Waals surface area contributed by atoms with Crippen molar-refractivity contribution in [2.75, 3.05) is 7.11 Å². The summed E-state index contributed by atoms with van der Waals surface area (Å²) in [5.41, 5.74) is 5.95. The van der Waals surface area contributed by atoms with Crippen molar-refractivity contribution in [2.24, 2.45) is 5.73 Å². The molecule has 0 aliphatic heterocycles. The molecule has 18 heavy (non-hydrogen) atoms. The van der Waals surface area contributed by atoms with Gasteiger partial charge in [0.1, 0.15) is 17.4 Å². The topological polar surface area (TPSA) is 61.5 Å². The highest BCUT2D eigenvalue weighted by molar-refractivity contribution is 9.10. The molecule has 0 aromatic heterocycles. The zero-order valence-corrected chi connectivity index (χ0v) is 12.6. The van der Waals surface area contributed by atoms with Gasteiger partial charge in [-0.2, -0.15) is 0 Å². The summed E-state index contributed by atoms with van der Waals surface area (Å²) < 4.78 is 11.3. The number of carbonyl (C=O) groups excluding carboxylic acids is 1. The number of halogens is 1. The monoisotopic (exact) mass is 315 g/mol. The van der Waals surface area contributed by atoms with Crippen LogP contribution >= 0.6 is 15.9 Å². The Balaban J connectivity index is 2.99. The van der Waals surface area contributed by atoms with E-state index in [-0.39, 0.29) is 0 Å². The summed E-state index contributed by atoms with van der Waals surface area (Å²) in [5.74, 6) is 0.0930. The molecule has 0 saturated heterocycles. The van der Waals surface area contributed by atoms with Crippen LogP contribution < -0.4 is 10.5 Å². The van der Waals surface area contributed by atoms with Crippen LogP contribution in [0.3, 0.4) is 0 Å². The van der Waals surface area contributed by atoms with Gasteiger partial charge >= 0.3 is 5.97 Å². The van der Waals surface area contributed by atoms with E-state index in [4.69, 9.17) is 15.2 Å². The van der Waals surface area contributed by atoms with Gasteiger partial charge in [0.05, 0.1) is 7.11 Å². The molecule has 4 nitrogen and oxygen atoms in total. The van der Waals surface area contributed by atoms with Crippen LogP contribution in [0.4, 0.5) is 0 Å². The first-order chi connectivity index (χ1) is 8.24. The van der Waals surface area contributed by atoms with Gasteiger partial charge in [-0.1, -0.05) is 15.9 Å². The van der Waals surface area contributed by atoms with Crippen molar-refractivity contribution in [1.82, 2.24) is 0 Å². The average Bonchev–Trinajstić information content (AvgIpc) is 2.25. The Hall–Kier alpha value is -1.07. The molecule has 0 aliphatic rings. The third kappa shape index (κ3) is 3.99. The molecule has 1 unspecified atom stereocenters. The van der Waals surface area contributed by atoms with Crippen LogP contribution in [-0.2, 0) is 9.53 Å². The number of rotatable bonds is 3. The fraction of sp³-hybridized carbons (Fsp3) is 0.462. The summed E-state index contributed by atoms with van der Waals surface area (Å²) in [5, 5.41) is 0. The quantitative estimate of drug-likeness (QED) is 0.871. The Morgan fingerprint density at radius 1 is 1.39 bits per heavy atom. The SMILES string of the molecule is COc1ccc(Br)cc1C(N)C(=O)OC(C)(C)C. The standard InChI is InChI=1S/C13H18BrNO3/c1-13(2,3)18-12(16)11(15)9-7-8(14)5-6-10(9)17-4/h5-7,11H,15H2,1-4H3. The van der Waals surface area contributed by atoms with E-state index < -0.39 is 17.6 Å². The molecule has 2 N–H and O–H groups in total. The van der Waals surface area contributed by atoms with E-state index in [9.17, 15) is 4.79 Å². The third-order valence-electron chi connectivity index (χ3n) is 2.19. The Labute approximate surface area is 116 Å². The Kier molecular flexibility index (Phi) is 4.76. The number of hydrogen-bond acceptors (Lipinski definition) is 4. The number of carbonyl (C=O) groups is 1. The van der Waals surface area contributed by atoms with Crippen molar-refractivity contribution in [2.45, 2.75) is 32.4 Å². The molecule has 5 heteroatoms. The molecule has 0 radical (unpaired) electrons. The fourth-order valence-corrected chi connectivity index (χ4v) is 1.82. The molecule has 0 aliphatic carbocycles. The van der Waals surface area contributed by atoms with Gasteiger partial charge in [-0.25, -0.2) is 4.79 Å². The van der Waals surface area contributed by atoms with Gasteiger partial charge in [0.25, 0.3) is 0 Å². The van der Waals surface area contributed by atoms with Gasteiger partial charge in [0, 0.05) is 10.0 Å². The fourth-order valence-electron chi connectivity index (χ4n) is 1.44. The van der Waals surface area contributed by atoms with Crippen LogP contribution in [0.5, 0.6) is 5.75 Å². The summed E-state index contributed by atoms with van der Waals surface area (Å²) in [7, 11) is 1.54. The molecule has 1 aromatic carbocycles. The average molecular weight is 316 g/mol. The normalized spacial score (nSPS) is 13.0. The van der Waals surface area contributed by atoms with Crippen molar-refractivity contribution >= 4 is 21.9 Å². The minimum absolute atomic E-state index is 0.473. The highest BCUT2D eigenvalue weighted by atomic mass is 79.9. The zero-order valence-electron chi connectivity index (χ0n) is 11.0. The Morgan fingerprint density at radius 2 is 2.00 bits per heavy atom. The number of benzene rings is 1. The van der Waals surface area contributed by atoms with E-state index in [1.165, 1.54) is 7.11 Å². The van der Waals surface area contributed by atoms with Crippen LogP contribution in [-0.4, -0.2) is 18.7 Å². The van der Waals surface area contributed by atoms with Crippen molar-refractivity contribution in [3.63, 3.8) is 0 Å². The summed E-state index contributed by atoms with van der Waals surface area (Å²) in [4.78, 5) is 11.9. The van der Waals surface area contributed by atoms with E-state index in [0.717, 1.165) is 4.47 Å². The molecule has 0 bridgehead atoms. The number of esters is 1. The smallest absolute Gasteiger partial charge is 0.328 e. The molecule has 1 atom stereocenters. The minimum atomic E-state index is -0.864. The predicted molar refractivity (Wildman–Crippen MR) is 73.5 cm³/mol. The lowest BCUT2D eigenvalue weighted by molar-refractivity contribution is -0.156. The molecule has 0 heterocycles. The van der Waals surface area contributed by atoms with Crippen molar-refractivity contribution in [3.05, 3.63) is 28.2 Å². The third-order valence-corrected chi connectivity index (χ3v) is 2.68. The minimum Gasteiger partial charge on any atom is -0.496 e. The van der Waals surface area contributed by atoms with Gasteiger partial charge < -0.3 is 15.2 Å². The second-order valence-electron chi connectivity index (χ2n) is 4.90. The molecular formula is C13H18BrNO3. The second-order valence-corrected chi connectivity index (χ2v) is 5.81. The maximum absolute atomic E-state index is 11.9. The van der Waals surface area contributed by atoms with Gasteiger partial charge in [0.2, 0.25) is 0 Å². The largest absolute Gasteiger partial charge is 0.496 e. The predicted octanol–water partition coefficient (Wildman–Crippen LogP) is 2.80. The van der Waals surface area contributed by atoms with Gasteiger partial charge in [0.15, 0.2) is 0 Å². The highest BCUT2D eigenvalue weighted by Gasteiger charge is 2.25. The maximum atomic E-state index is 11.9. The Bertz CT molecular complexity index is 440. The molecule has 100 valence electrons. The lowest BCUT2D eigenvalue weighted by Crippen LogP contribution is -2.31. The molecule has 1 aromatic rings. The maximum Gasteiger partial charge on any atom is 0.328 e. The summed E-state index contributed by atoms with van der Waals surface area (Å²) in [6.45, 7) is 5.40. The number of nitrogens with two attached hydrogens (primary N) is 1. The molecule has 0 fully saturated rings. The summed E-state index contributed by atoms with van der Waals surface area (Å²) in [6.07, 6.45) is 0. The Morgan fingerprint density at radius 3 is 2.50 bits per heavy atom. The second kappa shape index (κ2) is 5.71. The molecule has 0 saturated carbocycles. The van der Waals surface area contributed by atoms with Crippen LogP contribution in [0.1, 0.15) is 32.4 Å². The molecular weight excluding hydrogens is 298 g/mol. The highest BCUT2D eigenvalue weighted by Crippen LogP contribution is 2.28. The van der Waals surface area contributed by atoms with E-state index >= 15 is 0 Å². The number of ether oxygens (including phenoxy) is 2. The van der Waals surface area contributed by atoms with Crippen LogP contribution in [0.15, 0.2) is 22.7 Å². The first-order valence-electron chi connectivity index (χ1n) is 5.56. The van der Waals surface area contributed by atoms with Crippen LogP contribution in [0.2, 0.25) is 0 Å². The van der Waals surface area contributed by atoms with Gasteiger partial charge in [-0.15, -0.1) is 0 Å². The van der Waals surface area contributed by atoms with Gasteiger partial charge in [-0.05, 0) is 39.0 Å². The van der Waals surface area contributed by atoms with Crippen molar-refractivity contribution < 1.29 is 14.3 Å². The summed E-state index contributed by atoms with van der Waals surface area (Å²) in [6, 6.07) is 4.47. The van der Waals surface area contributed by atoms with Crippen molar-refractivity contribution in [1.29, 1.82) is 0 Å². The molecule has 1 rings (SSSR count). The van der Waals surface area contributed by atoms with E-state index in [0.29, 0.717) is 11.3 Å². The lowest BCUT2D eigenvalue weighted by Gasteiger charge is -2.23. The van der Waals surface area contributed by atoms with Crippen LogP contribution in [0, 0.1) is 0 Å². The molecule has 0 spiro atoms. The van der Waals surface area contributed by atoms with Crippen LogP contribution in [0.25, 0.3) is 0 Å². The lowest BCUT2D eigenvalue weighted by atomic mass is 10.1. The van der Waals surface area contributed by atoms with E-state index in [1.54, 1.807) is 32.9 Å². The first-order valence-corrected chi connectivity index (χ1v) is 6.36. The van der Waals surface area contributed by atoms with Crippen molar-refractivity contribution in [3.8, 4) is 5.75 Å². The molecule has 0 amide bonds.